The van der Waals surface area contributed by atoms with Crippen LogP contribution in [0.15, 0.2) is 164 Å². The molecule has 0 fully saturated rings. The number of hydrogen-bond donors (Lipinski definition) is 0. The minimum atomic E-state index is 1.11. The van der Waals surface area contributed by atoms with E-state index in [0.29, 0.717) is 0 Å². The van der Waals surface area contributed by atoms with Crippen LogP contribution in [0.1, 0.15) is 11.1 Å². The number of benzene rings is 6. The number of anilines is 3. The summed E-state index contributed by atoms with van der Waals surface area (Å²) in [6.07, 6.45) is 4.39. The molecule has 39 heavy (non-hydrogen) atoms. The lowest BCUT2D eigenvalue weighted by Gasteiger charge is -2.29. The molecule has 1 nitrogen and oxygen atoms in total. The summed E-state index contributed by atoms with van der Waals surface area (Å²) in [6, 6.07) is 57.7. The van der Waals surface area contributed by atoms with Crippen molar-refractivity contribution in [2.75, 3.05) is 4.90 Å². The topological polar surface area (TPSA) is 3.24 Å². The van der Waals surface area contributed by atoms with Crippen molar-refractivity contribution in [3.63, 3.8) is 0 Å². The van der Waals surface area contributed by atoms with E-state index in [4.69, 9.17) is 0 Å². The molecule has 186 valence electrons. The molecule has 6 aromatic rings. The lowest BCUT2D eigenvalue weighted by atomic mass is 10.00. The fourth-order valence-corrected chi connectivity index (χ4v) is 4.95. The Morgan fingerprint density at radius 2 is 0.872 bits per heavy atom. The highest BCUT2D eigenvalue weighted by Gasteiger charge is 2.18. The van der Waals surface area contributed by atoms with Gasteiger partial charge in [-0.1, -0.05) is 152 Å². The second kappa shape index (κ2) is 11.5. The van der Waals surface area contributed by atoms with Gasteiger partial charge in [0.1, 0.15) is 0 Å². The van der Waals surface area contributed by atoms with Crippen LogP contribution in [0.5, 0.6) is 0 Å². The average molecular weight is 500 g/mol. The highest BCUT2D eigenvalue weighted by Crippen LogP contribution is 2.42. The predicted molar refractivity (Wildman–Crippen MR) is 167 cm³/mol. The molecule has 0 saturated heterocycles. The Hall–Kier alpha value is -5.14. The summed E-state index contributed by atoms with van der Waals surface area (Å²) in [6.45, 7) is 0. The molecule has 0 saturated carbocycles. The molecular formula is C38H29N. The number of para-hydroxylation sites is 2. The summed E-state index contributed by atoms with van der Waals surface area (Å²) in [4.78, 5) is 2.38. The molecular weight excluding hydrogens is 470 g/mol. The Kier molecular flexibility index (Phi) is 7.14. The van der Waals surface area contributed by atoms with Crippen LogP contribution in [0.4, 0.5) is 17.1 Å². The fraction of sp³-hybridized carbons (Fsp3) is 0. The van der Waals surface area contributed by atoms with E-state index >= 15 is 0 Å². The minimum absolute atomic E-state index is 1.11. The van der Waals surface area contributed by atoms with Gasteiger partial charge in [0.2, 0.25) is 0 Å². The molecule has 0 heterocycles. The normalized spacial score (nSPS) is 11.0. The zero-order valence-corrected chi connectivity index (χ0v) is 21.7. The van der Waals surface area contributed by atoms with E-state index < -0.39 is 0 Å². The van der Waals surface area contributed by atoms with Crippen LogP contribution in [0.2, 0.25) is 0 Å². The molecule has 0 bridgehead atoms. The molecule has 0 aliphatic carbocycles. The highest BCUT2D eigenvalue weighted by molar-refractivity contribution is 5.91. The molecule has 0 unspecified atom stereocenters. The van der Waals surface area contributed by atoms with E-state index in [1.54, 1.807) is 0 Å². The van der Waals surface area contributed by atoms with Crippen molar-refractivity contribution in [3.05, 3.63) is 175 Å². The van der Waals surface area contributed by atoms with Crippen LogP contribution < -0.4 is 4.90 Å². The Bertz CT molecular complexity index is 1670. The molecule has 0 amide bonds. The van der Waals surface area contributed by atoms with Crippen molar-refractivity contribution in [3.8, 4) is 22.3 Å². The average Bonchev–Trinajstić information content (AvgIpc) is 3.03. The molecule has 0 aliphatic rings. The quantitative estimate of drug-likeness (QED) is 0.197. The number of rotatable bonds is 7. The number of nitrogens with zero attached hydrogens (tertiary/aromatic N) is 1. The van der Waals surface area contributed by atoms with E-state index in [1.165, 1.54) is 27.8 Å². The maximum Gasteiger partial charge on any atom is 0.0540 e. The van der Waals surface area contributed by atoms with Gasteiger partial charge in [0, 0.05) is 11.3 Å². The third kappa shape index (κ3) is 5.44. The van der Waals surface area contributed by atoms with Gasteiger partial charge in [-0.2, -0.15) is 0 Å². The largest absolute Gasteiger partial charge is 0.309 e. The van der Waals surface area contributed by atoms with Crippen LogP contribution >= 0.6 is 0 Å². The van der Waals surface area contributed by atoms with Gasteiger partial charge < -0.3 is 4.90 Å². The lowest BCUT2D eigenvalue weighted by molar-refractivity contribution is 1.28. The summed E-state index contributed by atoms with van der Waals surface area (Å²) in [7, 11) is 0. The van der Waals surface area contributed by atoms with Crippen molar-refractivity contribution < 1.29 is 0 Å². The summed E-state index contributed by atoms with van der Waals surface area (Å²) in [5, 5.41) is 0. The third-order valence-electron chi connectivity index (χ3n) is 6.89. The number of hydrogen-bond acceptors (Lipinski definition) is 1. The molecule has 0 aromatic heterocycles. The van der Waals surface area contributed by atoms with Gasteiger partial charge in [0.25, 0.3) is 0 Å². The van der Waals surface area contributed by atoms with Crippen LogP contribution in [-0.2, 0) is 0 Å². The Balaban J connectivity index is 1.51. The maximum atomic E-state index is 2.38. The molecule has 0 atom stereocenters. The van der Waals surface area contributed by atoms with Gasteiger partial charge in [0.15, 0.2) is 0 Å². The van der Waals surface area contributed by atoms with Gasteiger partial charge >= 0.3 is 0 Å². The third-order valence-corrected chi connectivity index (χ3v) is 6.89. The minimum Gasteiger partial charge on any atom is -0.309 e. The lowest BCUT2D eigenvalue weighted by Crippen LogP contribution is -2.12. The smallest absolute Gasteiger partial charge is 0.0540 e. The Labute approximate surface area is 231 Å². The molecule has 1 heteroatoms. The van der Waals surface area contributed by atoms with Gasteiger partial charge in [-0.05, 0) is 52.1 Å². The standard InChI is InChI=1S/C38H29N/c1-4-14-30(15-5-1)24-25-34-20-10-12-22-37(34)39(35-28-26-32(27-29-35)31-16-6-2-7-17-31)38-23-13-11-21-36(38)33-18-8-3-9-19-33/h1-29H/b25-24+. The van der Waals surface area contributed by atoms with Crippen molar-refractivity contribution >= 4 is 29.2 Å². The van der Waals surface area contributed by atoms with Crippen molar-refractivity contribution in [2.24, 2.45) is 0 Å². The van der Waals surface area contributed by atoms with Crippen molar-refractivity contribution in [2.45, 2.75) is 0 Å². The second-order valence-electron chi connectivity index (χ2n) is 9.43. The van der Waals surface area contributed by atoms with Crippen molar-refractivity contribution in [1.82, 2.24) is 0 Å². The van der Waals surface area contributed by atoms with E-state index in [1.807, 2.05) is 6.07 Å². The van der Waals surface area contributed by atoms with Crippen LogP contribution in [0.25, 0.3) is 34.4 Å². The molecule has 0 N–H and O–H groups in total. The summed E-state index contributed by atoms with van der Waals surface area (Å²) >= 11 is 0. The first-order valence-corrected chi connectivity index (χ1v) is 13.3. The van der Waals surface area contributed by atoms with Gasteiger partial charge in [-0.3, -0.25) is 0 Å². The van der Waals surface area contributed by atoms with E-state index in [2.05, 4.69) is 175 Å². The summed E-state index contributed by atoms with van der Waals surface area (Å²) in [5.74, 6) is 0. The first kappa shape index (κ1) is 24.2. The van der Waals surface area contributed by atoms with Crippen LogP contribution in [0.3, 0.4) is 0 Å². The predicted octanol–water partition coefficient (Wildman–Crippen LogP) is 10.7. The van der Waals surface area contributed by atoms with Crippen LogP contribution in [0, 0.1) is 0 Å². The summed E-state index contributed by atoms with van der Waals surface area (Å²) in [5.41, 5.74) is 10.5. The van der Waals surface area contributed by atoms with Crippen LogP contribution in [-0.4, -0.2) is 0 Å². The fourth-order valence-electron chi connectivity index (χ4n) is 4.95. The van der Waals surface area contributed by atoms with E-state index in [-0.39, 0.29) is 0 Å². The Morgan fingerprint density at radius 1 is 0.359 bits per heavy atom. The summed E-state index contributed by atoms with van der Waals surface area (Å²) < 4.78 is 0. The second-order valence-corrected chi connectivity index (χ2v) is 9.43. The molecule has 6 aromatic carbocycles. The molecule has 6 rings (SSSR count). The highest BCUT2D eigenvalue weighted by atomic mass is 15.1. The SMILES string of the molecule is C(=C\c1ccccc1N(c1ccc(-c2ccccc2)cc1)c1ccccc1-c1ccccc1)/c1ccccc1. The first-order valence-electron chi connectivity index (χ1n) is 13.3. The van der Waals surface area contributed by atoms with Crippen molar-refractivity contribution in [1.29, 1.82) is 0 Å². The molecule has 0 radical (unpaired) electrons. The monoisotopic (exact) mass is 499 g/mol. The zero-order valence-electron chi connectivity index (χ0n) is 21.7. The first-order chi connectivity index (χ1) is 19.4. The van der Waals surface area contributed by atoms with E-state index in [9.17, 15) is 0 Å². The molecule has 0 spiro atoms. The maximum absolute atomic E-state index is 2.38. The zero-order chi connectivity index (χ0) is 26.3. The van der Waals surface area contributed by atoms with Gasteiger partial charge in [-0.15, -0.1) is 0 Å². The molecule has 0 aliphatic heterocycles. The van der Waals surface area contributed by atoms with E-state index in [0.717, 1.165) is 22.6 Å². The van der Waals surface area contributed by atoms with Gasteiger partial charge in [-0.25, -0.2) is 0 Å². The Morgan fingerprint density at radius 3 is 1.56 bits per heavy atom. The van der Waals surface area contributed by atoms with Gasteiger partial charge in [0.05, 0.1) is 11.4 Å².